The molecule has 128 valence electrons. The molecule has 0 radical (unpaired) electrons. The van der Waals surface area contributed by atoms with Crippen LogP contribution in [0.15, 0.2) is 22.7 Å². The normalized spacial score (nSPS) is 16.0. The van der Waals surface area contributed by atoms with E-state index in [2.05, 4.69) is 21.2 Å². The number of rotatable bonds is 4. The number of benzene rings is 1. The number of carbonyl (C=O) groups excluding carboxylic acids is 1. The van der Waals surface area contributed by atoms with Gasteiger partial charge in [-0.05, 0) is 24.7 Å². The van der Waals surface area contributed by atoms with Crippen molar-refractivity contribution in [1.82, 2.24) is 15.1 Å². The Labute approximate surface area is 141 Å². The molecule has 1 fully saturated rings. The third-order valence-electron chi connectivity index (χ3n) is 3.69. The lowest BCUT2D eigenvalue weighted by atomic mass is 10.1. The summed E-state index contributed by atoms with van der Waals surface area (Å²) in [5, 5.41) is 3.16. The molecule has 1 aliphatic heterocycles. The predicted octanol–water partition coefficient (Wildman–Crippen LogP) is 2.33. The first kappa shape index (κ1) is 18.2. The first-order valence-corrected chi connectivity index (χ1v) is 8.09. The van der Waals surface area contributed by atoms with Crippen LogP contribution in [-0.4, -0.2) is 55.5 Å². The summed E-state index contributed by atoms with van der Waals surface area (Å²) in [6.07, 6.45) is -4.41. The fourth-order valence-electron chi connectivity index (χ4n) is 2.54. The van der Waals surface area contributed by atoms with E-state index in [1.165, 1.54) is 6.07 Å². The van der Waals surface area contributed by atoms with Crippen molar-refractivity contribution in [3.05, 3.63) is 33.8 Å². The number of carbonyl (C=O) groups is 1. The maximum Gasteiger partial charge on any atom is 0.416 e. The van der Waals surface area contributed by atoms with Gasteiger partial charge in [-0.25, -0.2) is 0 Å². The second-order valence-corrected chi connectivity index (χ2v) is 6.52. The van der Waals surface area contributed by atoms with Gasteiger partial charge in [0.15, 0.2) is 0 Å². The van der Waals surface area contributed by atoms with Crippen LogP contribution in [0.4, 0.5) is 13.2 Å². The number of halogens is 4. The van der Waals surface area contributed by atoms with Crippen LogP contribution in [-0.2, 0) is 17.5 Å². The molecular weight excluding hydrogens is 375 g/mol. The molecule has 0 atom stereocenters. The Bertz CT molecular complexity index is 559. The van der Waals surface area contributed by atoms with Gasteiger partial charge >= 0.3 is 6.18 Å². The summed E-state index contributed by atoms with van der Waals surface area (Å²) in [7, 11) is 1.66. The van der Waals surface area contributed by atoms with Crippen LogP contribution >= 0.6 is 15.9 Å². The Morgan fingerprint density at radius 3 is 2.61 bits per heavy atom. The SMILES string of the molecule is CN(CC(=O)N1CCNCC1)Cc1ccc(Br)cc1C(F)(F)F. The fraction of sp³-hybridized carbons (Fsp3) is 0.533. The number of likely N-dealkylation sites (N-methyl/N-ethyl adjacent to an activating group) is 1. The van der Waals surface area contributed by atoms with E-state index < -0.39 is 11.7 Å². The lowest BCUT2D eigenvalue weighted by Crippen LogP contribution is -2.49. The zero-order valence-electron chi connectivity index (χ0n) is 12.8. The molecule has 1 aliphatic rings. The van der Waals surface area contributed by atoms with Crippen molar-refractivity contribution in [2.24, 2.45) is 0 Å². The van der Waals surface area contributed by atoms with Gasteiger partial charge in [-0.2, -0.15) is 13.2 Å². The van der Waals surface area contributed by atoms with Gasteiger partial charge in [0.05, 0.1) is 12.1 Å². The Balaban J connectivity index is 2.02. The number of nitrogens with one attached hydrogen (secondary N) is 1. The molecule has 1 aromatic rings. The maximum atomic E-state index is 13.1. The molecule has 0 aromatic heterocycles. The van der Waals surface area contributed by atoms with Crippen molar-refractivity contribution < 1.29 is 18.0 Å². The number of nitrogens with zero attached hydrogens (tertiary/aromatic N) is 2. The molecule has 8 heteroatoms. The van der Waals surface area contributed by atoms with Gasteiger partial charge in [-0.1, -0.05) is 22.0 Å². The van der Waals surface area contributed by atoms with Gasteiger partial charge in [0.1, 0.15) is 0 Å². The van der Waals surface area contributed by atoms with Crippen LogP contribution < -0.4 is 5.32 Å². The lowest BCUT2D eigenvalue weighted by molar-refractivity contribution is -0.138. The molecule has 0 spiro atoms. The zero-order chi connectivity index (χ0) is 17.0. The highest BCUT2D eigenvalue weighted by atomic mass is 79.9. The summed E-state index contributed by atoms with van der Waals surface area (Å²) >= 11 is 3.07. The van der Waals surface area contributed by atoms with Crippen molar-refractivity contribution >= 4 is 21.8 Å². The van der Waals surface area contributed by atoms with E-state index >= 15 is 0 Å². The number of hydrogen-bond acceptors (Lipinski definition) is 3. The standard InChI is InChI=1S/C15H19BrF3N3O/c1-21(10-14(23)22-6-4-20-5-7-22)9-11-2-3-12(16)8-13(11)15(17,18)19/h2-3,8,20H,4-7,9-10H2,1H3. The number of hydrogen-bond donors (Lipinski definition) is 1. The number of amides is 1. The number of piperazine rings is 1. The molecule has 1 heterocycles. The average molecular weight is 394 g/mol. The van der Waals surface area contributed by atoms with Gasteiger partial charge in [0, 0.05) is 37.2 Å². The Morgan fingerprint density at radius 2 is 2.00 bits per heavy atom. The summed E-state index contributed by atoms with van der Waals surface area (Å²) in [5.41, 5.74) is -0.510. The lowest BCUT2D eigenvalue weighted by Gasteiger charge is -2.29. The average Bonchev–Trinajstić information content (AvgIpc) is 2.49. The highest BCUT2D eigenvalue weighted by molar-refractivity contribution is 9.10. The minimum Gasteiger partial charge on any atom is -0.339 e. The second kappa shape index (κ2) is 7.63. The Morgan fingerprint density at radius 1 is 1.35 bits per heavy atom. The quantitative estimate of drug-likeness (QED) is 0.852. The monoisotopic (exact) mass is 393 g/mol. The van der Waals surface area contributed by atoms with Crippen molar-refractivity contribution in [2.45, 2.75) is 12.7 Å². The molecule has 2 rings (SSSR count). The molecule has 1 N–H and O–H groups in total. The van der Waals surface area contributed by atoms with Gasteiger partial charge in [-0.3, -0.25) is 9.69 Å². The largest absolute Gasteiger partial charge is 0.416 e. The van der Waals surface area contributed by atoms with E-state index in [0.29, 0.717) is 17.6 Å². The van der Waals surface area contributed by atoms with Crippen LogP contribution in [0.2, 0.25) is 0 Å². The zero-order valence-corrected chi connectivity index (χ0v) is 14.4. The summed E-state index contributed by atoms with van der Waals surface area (Å²) in [6.45, 7) is 2.95. The second-order valence-electron chi connectivity index (χ2n) is 5.60. The summed E-state index contributed by atoms with van der Waals surface area (Å²) < 4.78 is 39.7. The van der Waals surface area contributed by atoms with E-state index in [0.717, 1.165) is 19.2 Å². The van der Waals surface area contributed by atoms with Gasteiger partial charge in [0.25, 0.3) is 0 Å². The molecule has 1 saturated heterocycles. The van der Waals surface area contributed by atoms with Crippen molar-refractivity contribution in [3.63, 3.8) is 0 Å². The topological polar surface area (TPSA) is 35.6 Å². The third kappa shape index (κ3) is 5.19. The minimum absolute atomic E-state index is 0.0559. The Kier molecular flexibility index (Phi) is 6.05. The first-order valence-electron chi connectivity index (χ1n) is 7.30. The van der Waals surface area contributed by atoms with Gasteiger partial charge < -0.3 is 10.2 Å². The predicted molar refractivity (Wildman–Crippen MR) is 84.9 cm³/mol. The molecule has 4 nitrogen and oxygen atoms in total. The van der Waals surface area contributed by atoms with E-state index in [-0.39, 0.29) is 24.6 Å². The smallest absolute Gasteiger partial charge is 0.339 e. The summed E-state index contributed by atoms with van der Waals surface area (Å²) in [5.74, 6) is -0.0559. The highest BCUT2D eigenvalue weighted by Gasteiger charge is 2.33. The summed E-state index contributed by atoms with van der Waals surface area (Å²) in [6, 6.07) is 4.09. The maximum absolute atomic E-state index is 13.1. The molecule has 0 saturated carbocycles. The summed E-state index contributed by atoms with van der Waals surface area (Å²) in [4.78, 5) is 15.5. The first-order chi connectivity index (χ1) is 10.8. The van der Waals surface area contributed by atoms with E-state index in [9.17, 15) is 18.0 Å². The highest BCUT2D eigenvalue weighted by Crippen LogP contribution is 2.34. The Hall–Kier alpha value is -1.12. The molecule has 23 heavy (non-hydrogen) atoms. The van der Waals surface area contributed by atoms with Crippen molar-refractivity contribution in [2.75, 3.05) is 39.8 Å². The van der Waals surface area contributed by atoms with E-state index in [4.69, 9.17) is 0 Å². The van der Waals surface area contributed by atoms with Gasteiger partial charge in [0.2, 0.25) is 5.91 Å². The molecule has 1 aromatic carbocycles. The molecular formula is C15H19BrF3N3O. The van der Waals surface area contributed by atoms with Crippen LogP contribution in [0.5, 0.6) is 0 Å². The molecule has 1 amide bonds. The van der Waals surface area contributed by atoms with Crippen LogP contribution in [0.25, 0.3) is 0 Å². The third-order valence-corrected chi connectivity index (χ3v) is 4.19. The molecule has 0 unspecified atom stereocenters. The van der Waals surface area contributed by atoms with Crippen molar-refractivity contribution in [3.8, 4) is 0 Å². The molecule has 0 aliphatic carbocycles. The van der Waals surface area contributed by atoms with Crippen LogP contribution in [0, 0.1) is 0 Å². The van der Waals surface area contributed by atoms with E-state index in [1.807, 2.05) is 0 Å². The fourth-order valence-corrected chi connectivity index (χ4v) is 2.90. The van der Waals surface area contributed by atoms with E-state index in [1.54, 1.807) is 22.9 Å². The minimum atomic E-state index is -4.41. The molecule has 0 bridgehead atoms. The number of alkyl halides is 3. The van der Waals surface area contributed by atoms with Gasteiger partial charge in [-0.15, -0.1) is 0 Å². The van der Waals surface area contributed by atoms with Crippen LogP contribution in [0.1, 0.15) is 11.1 Å². The van der Waals surface area contributed by atoms with Crippen LogP contribution in [0.3, 0.4) is 0 Å². The van der Waals surface area contributed by atoms with Crippen molar-refractivity contribution in [1.29, 1.82) is 0 Å².